The standard InChI is InChI=1S/C11H24N2S.HI/c1-2-3-4-5-6-7-8-9-10-14-11(12)13;/h2-10H2,1H3,(H3,12,13);1H/p-1. The van der Waals surface area contributed by atoms with Crippen LogP contribution in [-0.2, 0) is 0 Å². The fourth-order valence-electron chi connectivity index (χ4n) is 1.42. The van der Waals surface area contributed by atoms with Crippen LogP contribution in [-0.4, -0.2) is 10.9 Å². The van der Waals surface area contributed by atoms with Gasteiger partial charge in [0.15, 0.2) is 5.17 Å². The molecule has 0 aliphatic heterocycles. The lowest BCUT2D eigenvalue weighted by molar-refractivity contribution is -0.00000342. The molecule has 0 unspecified atom stereocenters. The highest BCUT2D eigenvalue weighted by atomic mass is 127. The Morgan fingerprint density at radius 1 is 1.00 bits per heavy atom. The van der Waals surface area contributed by atoms with Crippen LogP contribution in [0.3, 0.4) is 0 Å². The van der Waals surface area contributed by atoms with E-state index < -0.39 is 0 Å². The molecule has 4 heteroatoms. The first-order valence-electron chi connectivity index (χ1n) is 5.74. The topological polar surface area (TPSA) is 49.9 Å². The number of unbranched alkanes of at least 4 members (excludes halogenated alkanes) is 7. The van der Waals surface area contributed by atoms with Crippen LogP contribution in [0.15, 0.2) is 0 Å². The molecule has 0 saturated carbocycles. The van der Waals surface area contributed by atoms with Crippen molar-refractivity contribution < 1.29 is 24.0 Å². The van der Waals surface area contributed by atoms with Gasteiger partial charge in [-0.2, -0.15) is 0 Å². The van der Waals surface area contributed by atoms with Crippen LogP contribution < -0.4 is 29.7 Å². The Labute approximate surface area is 116 Å². The zero-order valence-electron chi connectivity index (χ0n) is 9.73. The van der Waals surface area contributed by atoms with Gasteiger partial charge in [-0.05, 0) is 6.42 Å². The van der Waals surface area contributed by atoms with E-state index in [1.165, 1.54) is 63.1 Å². The molecule has 0 aromatic rings. The second-order valence-corrected chi connectivity index (χ2v) is 4.82. The Kier molecular flexibility index (Phi) is 17.4. The molecule has 0 radical (unpaired) electrons. The number of halogens is 1. The molecule has 0 amide bonds. The Morgan fingerprint density at radius 3 is 1.93 bits per heavy atom. The monoisotopic (exact) mass is 343 g/mol. The number of hydrogen-bond donors (Lipinski definition) is 2. The highest BCUT2D eigenvalue weighted by molar-refractivity contribution is 8.13. The fourth-order valence-corrected chi connectivity index (χ4v) is 1.99. The van der Waals surface area contributed by atoms with Crippen LogP contribution in [0.1, 0.15) is 58.3 Å². The lowest BCUT2D eigenvalue weighted by Gasteiger charge is -2.01. The van der Waals surface area contributed by atoms with E-state index in [2.05, 4.69) is 6.92 Å². The van der Waals surface area contributed by atoms with Gasteiger partial charge in [0.05, 0.1) is 0 Å². The summed E-state index contributed by atoms with van der Waals surface area (Å²) in [6.07, 6.45) is 10.7. The van der Waals surface area contributed by atoms with Crippen LogP contribution in [0.5, 0.6) is 0 Å². The van der Waals surface area contributed by atoms with E-state index in [0.717, 1.165) is 5.75 Å². The summed E-state index contributed by atoms with van der Waals surface area (Å²) in [5, 5.41) is 7.28. The van der Waals surface area contributed by atoms with Gasteiger partial charge in [-0.25, -0.2) is 0 Å². The van der Waals surface area contributed by atoms with E-state index in [0.29, 0.717) is 0 Å². The van der Waals surface area contributed by atoms with Crippen molar-refractivity contribution in [2.24, 2.45) is 5.73 Å². The van der Waals surface area contributed by atoms with Gasteiger partial charge in [-0.15, -0.1) is 0 Å². The molecule has 0 aliphatic rings. The molecule has 92 valence electrons. The third-order valence-corrected chi connectivity index (χ3v) is 3.06. The zero-order chi connectivity index (χ0) is 10.6. The van der Waals surface area contributed by atoms with E-state index in [-0.39, 0.29) is 29.1 Å². The molecule has 0 aliphatic carbocycles. The van der Waals surface area contributed by atoms with Gasteiger partial charge in [0.25, 0.3) is 0 Å². The van der Waals surface area contributed by atoms with Crippen molar-refractivity contribution in [1.29, 1.82) is 5.41 Å². The van der Waals surface area contributed by atoms with Crippen molar-refractivity contribution in [3.63, 3.8) is 0 Å². The quantitative estimate of drug-likeness (QED) is 0.281. The number of amidine groups is 1. The van der Waals surface area contributed by atoms with Crippen LogP contribution >= 0.6 is 11.8 Å². The summed E-state index contributed by atoms with van der Waals surface area (Å²) in [6, 6.07) is 0. The van der Waals surface area contributed by atoms with E-state index in [1.807, 2.05) is 0 Å². The molecule has 0 rings (SSSR count). The summed E-state index contributed by atoms with van der Waals surface area (Å²) in [5.74, 6) is 1.02. The Balaban J connectivity index is 0. The normalized spacial score (nSPS) is 9.67. The second kappa shape index (κ2) is 14.6. The van der Waals surface area contributed by atoms with Crippen molar-refractivity contribution in [2.45, 2.75) is 58.3 Å². The summed E-state index contributed by atoms with van der Waals surface area (Å²) in [6.45, 7) is 2.25. The molecule has 2 nitrogen and oxygen atoms in total. The summed E-state index contributed by atoms with van der Waals surface area (Å²) in [7, 11) is 0. The van der Waals surface area contributed by atoms with Crippen LogP contribution in [0.4, 0.5) is 0 Å². The number of thioether (sulfide) groups is 1. The van der Waals surface area contributed by atoms with E-state index >= 15 is 0 Å². The van der Waals surface area contributed by atoms with Crippen molar-refractivity contribution in [3.05, 3.63) is 0 Å². The number of hydrogen-bond acceptors (Lipinski definition) is 2. The van der Waals surface area contributed by atoms with Crippen molar-refractivity contribution >= 4 is 16.9 Å². The first-order chi connectivity index (χ1) is 6.77. The predicted molar refractivity (Wildman–Crippen MR) is 67.0 cm³/mol. The molecule has 3 N–H and O–H groups in total. The predicted octanol–water partition coefficient (Wildman–Crippen LogP) is 0.758. The van der Waals surface area contributed by atoms with Crippen LogP contribution in [0.25, 0.3) is 0 Å². The van der Waals surface area contributed by atoms with Gasteiger partial charge >= 0.3 is 0 Å². The molecule has 0 fully saturated rings. The summed E-state index contributed by atoms with van der Waals surface area (Å²) in [4.78, 5) is 0. The highest BCUT2D eigenvalue weighted by Gasteiger charge is 1.93. The van der Waals surface area contributed by atoms with E-state index in [9.17, 15) is 0 Å². The molecule has 0 aromatic carbocycles. The summed E-state index contributed by atoms with van der Waals surface area (Å²) in [5.41, 5.74) is 5.23. The summed E-state index contributed by atoms with van der Waals surface area (Å²) < 4.78 is 0. The summed E-state index contributed by atoms with van der Waals surface area (Å²) >= 11 is 1.46. The number of nitrogens with two attached hydrogens (primary N) is 1. The maximum Gasteiger partial charge on any atom is 0.151 e. The third-order valence-electron chi connectivity index (χ3n) is 2.26. The first-order valence-corrected chi connectivity index (χ1v) is 6.72. The molecular weight excluding hydrogens is 319 g/mol. The lowest BCUT2D eigenvalue weighted by atomic mass is 10.1. The average Bonchev–Trinajstić information content (AvgIpc) is 2.15. The third kappa shape index (κ3) is 17.2. The molecule has 0 aromatic heterocycles. The van der Waals surface area contributed by atoms with Crippen molar-refractivity contribution in [3.8, 4) is 0 Å². The average molecular weight is 343 g/mol. The van der Waals surface area contributed by atoms with E-state index in [1.54, 1.807) is 0 Å². The van der Waals surface area contributed by atoms with Gasteiger partial charge in [0, 0.05) is 5.75 Å². The number of rotatable bonds is 9. The maximum absolute atomic E-state index is 7.03. The first kappa shape index (κ1) is 17.9. The van der Waals surface area contributed by atoms with Gasteiger partial charge in [0.1, 0.15) is 0 Å². The smallest absolute Gasteiger partial charge is 0.151 e. The molecule has 0 bridgehead atoms. The molecule has 0 atom stereocenters. The highest BCUT2D eigenvalue weighted by Crippen LogP contribution is 2.10. The van der Waals surface area contributed by atoms with Gasteiger partial charge in [-0.1, -0.05) is 63.6 Å². The number of nitrogens with one attached hydrogen (secondary N) is 1. The minimum absolute atomic E-state index is 0. The molecule has 0 heterocycles. The largest absolute Gasteiger partial charge is 1.00 e. The van der Waals surface area contributed by atoms with Crippen molar-refractivity contribution in [1.82, 2.24) is 0 Å². The maximum atomic E-state index is 7.03. The SMILES string of the molecule is CCCCCCCCCCSC(=N)N.[I-]. The van der Waals surface area contributed by atoms with Gasteiger partial charge in [0.2, 0.25) is 0 Å². The molecular formula is C11H24IN2S-. The van der Waals surface area contributed by atoms with Crippen molar-refractivity contribution in [2.75, 3.05) is 5.75 Å². The second-order valence-electron chi connectivity index (χ2n) is 3.69. The minimum Gasteiger partial charge on any atom is -1.00 e. The Bertz CT molecular complexity index is 143. The van der Waals surface area contributed by atoms with Crippen LogP contribution in [0, 0.1) is 5.41 Å². The van der Waals surface area contributed by atoms with Gasteiger partial charge < -0.3 is 29.7 Å². The fraction of sp³-hybridized carbons (Fsp3) is 0.909. The minimum atomic E-state index is 0. The molecule has 0 saturated heterocycles. The van der Waals surface area contributed by atoms with Gasteiger partial charge in [-0.3, -0.25) is 5.41 Å². The molecule has 0 spiro atoms. The lowest BCUT2D eigenvalue weighted by Crippen LogP contribution is -3.00. The van der Waals surface area contributed by atoms with E-state index in [4.69, 9.17) is 11.1 Å². The Morgan fingerprint density at radius 2 is 1.47 bits per heavy atom. The zero-order valence-corrected chi connectivity index (χ0v) is 12.7. The van der Waals surface area contributed by atoms with Crippen LogP contribution in [0.2, 0.25) is 0 Å². The molecule has 15 heavy (non-hydrogen) atoms. The Hall–Kier alpha value is 0.550.